The van der Waals surface area contributed by atoms with E-state index >= 15 is 0 Å². The summed E-state index contributed by atoms with van der Waals surface area (Å²) in [7, 11) is 0. The summed E-state index contributed by atoms with van der Waals surface area (Å²) in [4.78, 5) is 31.9. The van der Waals surface area contributed by atoms with Crippen LogP contribution in [-0.4, -0.2) is 47.4 Å². The molecule has 30 heavy (non-hydrogen) atoms. The van der Waals surface area contributed by atoms with Crippen molar-refractivity contribution in [3.8, 4) is 5.88 Å². The molecule has 0 radical (unpaired) electrons. The molecule has 6 nitrogen and oxygen atoms in total. The molecule has 0 spiro atoms. The van der Waals surface area contributed by atoms with Gasteiger partial charge in [0, 0.05) is 24.8 Å². The lowest BCUT2D eigenvalue weighted by Gasteiger charge is -2.40. The minimum Gasteiger partial charge on any atom is -0.470 e. The molecule has 1 aromatic heterocycles. The average Bonchev–Trinajstić information content (AvgIpc) is 3.06. The number of carbonyl (C=O) groups excluding carboxylic acids is 2. The second-order valence-corrected chi connectivity index (χ2v) is 7.58. The summed E-state index contributed by atoms with van der Waals surface area (Å²) in [6, 6.07) is 9.61. The smallest absolute Gasteiger partial charge is 0.421 e. The number of likely N-dealkylation sites (tertiary alicyclic amines) is 1. The fraction of sp³-hybridized carbons (Fsp3) is 0.381. The molecule has 2 aliphatic rings. The summed E-state index contributed by atoms with van der Waals surface area (Å²) in [5.74, 6) is -1.26. The zero-order chi connectivity index (χ0) is 21.5. The molecule has 3 heterocycles. The van der Waals surface area contributed by atoms with Gasteiger partial charge in [0.15, 0.2) is 0 Å². The van der Waals surface area contributed by atoms with E-state index < -0.39 is 29.6 Å². The molecule has 9 heteroatoms. The Kier molecular flexibility index (Phi) is 5.13. The SMILES string of the molecule is Cc1ccc(N2CC(C(=O)N3CC(Oc4ncccc4C(F)(F)F)C3)CC2=O)cc1. The number of aryl methyl sites for hydroxylation is 1. The highest BCUT2D eigenvalue weighted by Gasteiger charge is 2.42. The number of ether oxygens (including phenoxy) is 1. The Labute approximate surface area is 171 Å². The lowest BCUT2D eigenvalue weighted by Crippen LogP contribution is -2.58. The predicted molar refractivity (Wildman–Crippen MR) is 102 cm³/mol. The van der Waals surface area contributed by atoms with Crippen LogP contribution in [0.25, 0.3) is 0 Å². The Morgan fingerprint density at radius 2 is 1.83 bits per heavy atom. The molecule has 0 N–H and O–H groups in total. The molecule has 2 aliphatic heterocycles. The number of alkyl halides is 3. The van der Waals surface area contributed by atoms with Gasteiger partial charge in [-0.25, -0.2) is 4.98 Å². The number of halogens is 3. The Hall–Kier alpha value is -3.10. The first-order valence-electron chi connectivity index (χ1n) is 9.57. The maximum absolute atomic E-state index is 13.0. The molecule has 1 aromatic carbocycles. The van der Waals surface area contributed by atoms with Gasteiger partial charge >= 0.3 is 6.18 Å². The van der Waals surface area contributed by atoms with E-state index in [1.54, 1.807) is 4.90 Å². The molecule has 0 saturated carbocycles. The highest BCUT2D eigenvalue weighted by atomic mass is 19.4. The Bertz CT molecular complexity index is 956. The zero-order valence-corrected chi connectivity index (χ0v) is 16.2. The standard InChI is InChI=1S/C21H20F3N3O3/c1-13-4-6-15(7-5-13)27-10-14(9-18(27)28)20(29)26-11-16(12-26)30-19-17(21(22,23)24)3-2-8-25-19/h2-8,14,16H,9-12H2,1H3. The van der Waals surface area contributed by atoms with Crippen LogP contribution in [-0.2, 0) is 15.8 Å². The second kappa shape index (κ2) is 7.62. The van der Waals surface area contributed by atoms with E-state index in [9.17, 15) is 22.8 Å². The average molecular weight is 419 g/mol. The van der Waals surface area contributed by atoms with Gasteiger partial charge in [-0.15, -0.1) is 0 Å². The molecule has 2 aromatic rings. The van der Waals surface area contributed by atoms with Gasteiger partial charge in [-0.1, -0.05) is 17.7 Å². The molecule has 2 fully saturated rings. The maximum atomic E-state index is 13.0. The quantitative estimate of drug-likeness (QED) is 0.764. The number of benzene rings is 1. The molecule has 0 bridgehead atoms. The number of hydrogen-bond donors (Lipinski definition) is 0. The highest BCUT2D eigenvalue weighted by Crippen LogP contribution is 2.36. The summed E-state index contributed by atoms with van der Waals surface area (Å²) < 4.78 is 44.5. The first-order chi connectivity index (χ1) is 14.2. The summed E-state index contributed by atoms with van der Waals surface area (Å²) in [6.45, 7) is 2.58. The molecular formula is C21H20F3N3O3. The molecule has 1 unspecified atom stereocenters. The van der Waals surface area contributed by atoms with E-state index in [0.717, 1.165) is 17.3 Å². The number of rotatable bonds is 4. The predicted octanol–water partition coefficient (Wildman–Crippen LogP) is 3.05. The number of pyridine rings is 1. The number of aromatic nitrogens is 1. The summed E-state index contributed by atoms with van der Waals surface area (Å²) >= 11 is 0. The topological polar surface area (TPSA) is 62.7 Å². The van der Waals surface area contributed by atoms with Crippen LogP contribution in [0.5, 0.6) is 5.88 Å². The number of nitrogens with zero attached hydrogens (tertiary/aromatic N) is 3. The van der Waals surface area contributed by atoms with Crippen molar-refractivity contribution < 1.29 is 27.5 Å². The fourth-order valence-electron chi connectivity index (χ4n) is 3.66. The van der Waals surface area contributed by atoms with Gasteiger partial charge in [-0.3, -0.25) is 9.59 Å². The summed E-state index contributed by atoms with van der Waals surface area (Å²) in [5, 5.41) is 0. The minimum absolute atomic E-state index is 0.117. The number of hydrogen-bond acceptors (Lipinski definition) is 4. The Morgan fingerprint density at radius 1 is 1.13 bits per heavy atom. The minimum atomic E-state index is -4.56. The van der Waals surface area contributed by atoms with Crippen LogP contribution < -0.4 is 9.64 Å². The number of carbonyl (C=O) groups is 2. The van der Waals surface area contributed by atoms with Crippen LogP contribution in [0.1, 0.15) is 17.5 Å². The van der Waals surface area contributed by atoms with Gasteiger partial charge in [0.1, 0.15) is 11.7 Å². The Morgan fingerprint density at radius 3 is 2.50 bits per heavy atom. The maximum Gasteiger partial charge on any atom is 0.421 e. The van der Waals surface area contributed by atoms with Crippen molar-refractivity contribution in [2.24, 2.45) is 5.92 Å². The summed E-state index contributed by atoms with van der Waals surface area (Å²) in [5.41, 5.74) is 0.886. The lowest BCUT2D eigenvalue weighted by atomic mass is 10.0. The van der Waals surface area contributed by atoms with Crippen molar-refractivity contribution in [3.05, 3.63) is 53.7 Å². The zero-order valence-electron chi connectivity index (χ0n) is 16.2. The van der Waals surface area contributed by atoms with Crippen molar-refractivity contribution in [3.63, 3.8) is 0 Å². The van der Waals surface area contributed by atoms with Crippen LogP contribution in [0.4, 0.5) is 18.9 Å². The lowest BCUT2D eigenvalue weighted by molar-refractivity contribution is -0.147. The first-order valence-corrected chi connectivity index (χ1v) is 9.57. The van der Waals surface area contributed by atoms with E-state index in [1.165, 1.54) is 17.2 Å². The molecule has 2 amide bonds. The van der Waals surface area contributed by atoms with E-state index in [2.05, 4.69) is 4.98 Å². The summed E-state index contributed by atoms with van der Waals surface area (Å²) in [6.07, 6.45) is -3.77. The van der Waals surface area contributed by atoms with Crippen molar-refractivity contribution in [2.75, 3.05) is 24.5 Å². The highest BCUT2D eigenvalue weighted by molar-refractivity contribution is 6.00. The van der Waals surface area contributed by atoms with Crippen LogP contribution in [0.15, 0.2) is 42.6 Å². The van der Waals surface area contributed by atoms with Gasteiger partial charge in [0.25, 0.3) is 0 Å². The second-order valence-electron chi connectivity index (χ2n) is 7.58. The van der Waals surface area contributed by atoms with Crippen LogP contribution >= 0.6 is 0 Å². The van der Waals surface area contributed by atoms with Gasteiger partial charge in [0.2, 0.25) is 17.7 Å². The Balaban J connectivity index is 1.34. The third-order valence-corrected chi connectivity index (χ3v) is 5.33. The van der Waals surface area contributed by atoms with E-state index in [0.29, 0.717) is 6.54 Å². The molecule has 4 rings (SSSR count). The van der Waals surface area contributed by atoms with Crippen LogP contribution in [0.3, 0.4) is 0 Å². The fourth-order valence-corrected chi connectivity index (χ4v) is 3.66. The van der Waals surface area contributed by atoms with E-state index in [1.807, 2.05) is 31.2 Å². The third-order valence-electron chi connectivity index (χ3n) is 5.33. The first kappa shape index (κ1) is 20.2. The van der Waals surface area contributed by atoms with Crippen LogP contribution in [0, 0.1) is 12.8 Å². The normalized spacial score (nSPS) is 19.7. The molecule has 2 saturated heterocycles. The van der Waals surface area contributed by atoms with Crippen molar-refractivity contribution in [1.82, 2.24) is 9.88 Å². The third kappa shape index (κ3) is 3.96. The van der Waals surface area contributed by atoms with Crippen LogP contribution in [0.2, 0.25) is 0 Å². The van der Waals surface area contributed by atoms with Crippen molar-refractivity contribution in [1.29, 1.82) is 0 Å². The molecule has 158 valence electrons. The van der Waals surface area contributed by atoms with E-state index in [-0.39, 0.29) is 31.3 Å². The van der Waals surface area contributed by atoms with E-state index in [4.69, 9.17) is 4.74 Å². The molecule has 1 atom stereocenters. The van der Waals surface area contributed by atoms with Gasteiger partial charge in [-0.05, 0) is 31.2 Å². The van der Waals surface area contributed by atoms with Gasteiger partial charge < -0.3 is 14.5 Å². The van der Waals surface area contributed by atoms with Gasteiger partial charge in [0.05, 0.1) is 19.0 Å². The monoisotopic (exact) mass is 419 g/mol. The molecular weight excluding hydrogens is 399 g/mol. The van der Waals surface area contributed by atoms with Crippen molar-refractivity contribution >= 4 is 17.5 Å². The largest absolute Gasteiger partial charge is 0.470 e. The number of anilines is 1. The van der Waals surface area contributed by atoms with Gasteiger partial charge in [-0.2, -0.15) is 13.2 Å². The molecule has 0 aliphatic carbocycles. The number of amides is 2. The van der Waals surface area contributed by atoms with Crippen molar-refractivity contribution in [2.45, 2.75) is 25.6 Å².